The van der Waals surface area contributed by atoms with Crippen LogP contribution in [-0.4, -0.2) is 16.0 Å². The average molecular weight is 278 g/mol. The Morgan fingerprint density at radius 1 is 1.26 bits per heavy atom. The third-order valence-electron chi connectivity index (χ3n) is 5.43. The van der Waals surface area contributed by atoms with Gasteiger partial charge in [-0.1, -0.05) is 24.9 Å². The zero-order valence-electron chi connectivity index (χ0n) is 11.3. The minimum Gasteiger partial charge on any atom is -0.366 e. The summed E-state index contributed by atoms with van der Waals surface area (Å²) in [6, 6.07) is 0.660. The maximum Gasteiger partial charge on any atom is 0.137 e. The standard InChI is InChI=1S/C15H20ClN3/c1-2-3-10-14(16)17-7-18-15(10)19-13-11-8-4-5-9(6-8)12(11)13/h7-9,11-13H,2-6H2,1H3,(H,17,18,19). The van der Waals surface area contributed by atoms with Crippen LogP contribution in [0.5, 0.6) is 0 Å². The van der Waals surface area contributed by atoms with Crippen molar-refractivity contribution in [1.82, 2.24) is 9.97 Å². The van der Waals surface area contributed by atoms with Crippen molar-refractivity contribution in [2.45, 2.75) is 45.1 Å². The van der Waals surface area contributed by atoms with Crippen LogP contribution in [0.4, 0.5) is 5.82 Å². The summed E-state index contributed by atoms with van der Waals surface area (Å²) in [5.74, 6) is 4.79. The van der Waals surface area contributed by atoms with Gasteiger partial charge in [-0.15, -0.1) is 0 Å². The molecule has 1 heterocycles. The van der Waals surface area contributed by atoms with Gasteiger partial charge in [0.05, 0.1) is 0 Å². The highest BCUT2D eigenvalue weighted by atomic mass is 35.5. The SMILES string of the molecule is CCCc1c(Cl)ncnc1NC1C2C3CCC(C3)C12. The molecule has 4 unspecified atom stereocenters. The second-order valence-electron chi connectivity index (χ2n) is 6.40. The van der Waals surface area contributed by atoms with E-state index < -0.39 is 0 Å². The number of aromatic nitrogens is 2. The molecule has 3 aliphatic rings. The summed E-state index contributed by atoms with van der Waals surface area (Å²) in [5, 5.41) is 4.30. The number of nitrogens with one attached hydrogen (secondary N) is 1. The van der Waals surface area contributed by atoms with Crippen molar-refractivity contribution < 1.29 is 0 Å². The van der Waals surface area contributed by atoms with Crippen LogP contribution in [-0.2, 0) is 6.42 Å². The van der Waals surface area contributed by atoms with Crippen LogP contribution >= 0.6 is 11.6 Å². The van der Waals surface area contributed by atoms with Gasteiger partial charge in [-0.3, -0.25) is 0 Å². The van der Waals surface area contributed by atoms with Crippen molar-refractivity contribution in [3.05, 3.63) is 17.0 Å². The molecule has 0 amide bonds. The van der Waals surface area contributed by atoms with Crippen molar-refractivity contribution in [3.63, 3.8) is 0 Å². The first-order valence-corrected chi connectivity index (χ1v) is 7.93. The Morgan fingerprint density at radius 2 is 2.00 bits per heavy atom. The normalized spacial score (nSPS) is 38.3. The lowest BCUT2D eigenvalue weighted by Crippen LogP contribution is -2.15. The number of halogens is 1. The zero-order chi connectivity index (χ0) is 13.0. The highest BCUT2D eigenvalue weighted by Crippen LogP contribution is 2.66. The van der Waals surface area contributed by atoms with Crippen molar-refractivity contribution in [1.29, 1.82) is 0 Å². The third kappa shape index (κ3) is 1.78. The molecule has 4 rings (SSSR count). The molecule has 3 aliphatic carbocycles. The molecule has 102 valence electrons. The van der Waals surface area contributed by atoms with Crippen LogP contribution in [0.3, 0.4) is 0 Å². The van der Waals surface area contributed by atoms with Gasteiger partial charge in [0, 0.05) is 11.6 Å². The van der Waals surface area contributed by atoms with Gasteiger partial charge in [-0.25, -0.2) is 9.97 Å². The first-order chi connectivity index (χ1) is 9.29. The Hall–Kier alpha value is -0.830. The molecule has 4 atom stereocenters. The zero-order valence-corrected chi connectivity index (χ0v) is 12.0. The second kappa shape index (κ2) is 4.34. The minimum absolute atomic E-state index is 0.619. The Morgan fingerprint density at radius 3 is 2.68 bits per heavy atom. The Balaban J connectivity index is 1.54. The molecule has 0 aliphatic heterocycles. The van der Waals surface area contributed by atoms with Gasteiger partial charge >= 0.3 is 0 Å². The molecule has 0 spiro atoms. The molecule has 19 heavy (non-hydrogen) atoms. The molecular formula is C15H20ClN3. The van der Waals surface area contributed by atoms with Gasteiger partial charge in [0.25, 0.3) is 0 Å². The lowest BCUT2D eigenvalue weighted by atomic mass is 10.0. The summed E-state index contributed by atoms with van der Waals surface area (Å²) >= 11 is 6.21. The number of nitrogens with zero attached hydrogens (tertiary/aromatic N) is 2. The average Bonchev–Trinajstić information content (AvgIpc) is 2.81. The first kappa shape index (κ1) is 12.0. The highest BCUT2D eigenvalue weighted by molar-refractivity contribution is 6.30. The van der Waals surface area contributed by atoms with Crippen LogP contribution in [0.1, 0.15) is 38.2 Å². The molecule has 3 fully saturated rings. The quantitative estimate of drug-likeness (QED) is 0.856. The second-order valence-corrected chi connectivity index (χ2v) is 6.76. The van der Waals surface area contributed by atoms with E-state index in [2.05, 4.69) is 22.2 Å². The number of fused-ring (bicyclic) bond motifs is 5. The molecule has 1 aromatic rings. The van der Waals surface area contributed by atoms with E-state index >= 15 is 0 Å². The van der Waals surface area contributed by atoms with E-state index in [1.165, 1.54) is 19.3 Å². The predicted octanol–water partition coefficient (Wildman–Crippen LogP) is 3.54. The van der Waals surface area contributed by atoms with Crippen LogP contribution in [0.2, 0.25) is 5.15 Å². The molecule has 0 radical (unpaired) electrons. The van der Waals surface area contributed by atoms with Crippen molar-refractivity contribution in [2.75, 3.05) is 5.32 Å². The summed E-state index contributed by atoms with van der Waals surface area (Å²) in [6.07, 6.45) is 8.00. The number of anilines is 1. The van der Waals surface area contributed by atoms with Gasteiger partial charge in [-0.05, 0) is 49.4 Å². The maximum absolute atomic E-state index is 6.21. The highest BCUT2D eigenvalue weighted by Gasteiger charge is 2.65. The van der Waals surface area contributed by atoms with Crippen LogP contribution < -0.4 is 5.32 Å². The molecular weight excluding hydrogens is 258 g/mol. The molecule has 0 saturated heterocycles. The summed E-state index contributed by atoms with van der Waals surface area (Å²) < 4.78 is 0. The van der Waals surface area contributed by atoms with E-state index in [1.54, 1.807) is 6.33 Å². The first-order valence-electron chi connectivity index (χ1n) is 7.55. The topological polar surface area (TPSA) is 37.8 Å². The maximum atomic E-state index is 6.21. The lowest BCUT2D eigenvalue weighted by molar-refractivity contribution is 0.456. The van der Waals surface area contributed by atoms with E-state index in [4.69, 9.17) is 11.6 Å². The van der Waals surface area contributed by atoms with Gasteiger partial charge < -0.3 is 5.32 Å². The molecule has 1 aromatic heterocycles. The van der Waals surface area contributed by atoms with Crippen LogP contribution in [0, 0.1) is 23.7 Å². The van der Waals surface area contributed by atoms with Crippen molar-refractivity contribution in [2.24, 2.45) is 23.7 Å². The largest absolute Gasteiger partial charge is 0.366 e. The fraction of sp³-hybridized carbons (Fsp3) is 0.733. The summed E-state index contributed by atoms with van der Waals surface area (Å²) in [6.45, 7) is 2.17. The molecule has 3 nitrogen and oxygen atoms in total. The van der Waals surface area contributed by atoms with Gasteiger partial charge in [-0.2, -0.15) is 0 Å². The minimum atomic E-state index is 0.619. The van der Waals surface area contributed by atoms with E-state index in [9.17, 15) is 0 Å². The van der Waals surface area contributed by atoms with Crippen LogP contribution in [0.25, 0.3) is 0 Å². The van der Waals surface area contributed by atoms with E-state index in [-0.39, 0.29) is 0 Å². The van der Waals surface area contributed by atoms with Crippen LogP contribution in [0.15, 0.2) is 6.33 Å². The van der Waals surface area contributed by atoms with Gasteiger partial charge in [0.1, 0.15) is 17.3 Å². The molecule has 3 saturated carbocycles. The number of hydrogen-bond acceptors (Lipinski definition) is 3. The van der Waals surface area contributed by atoms with Gasteiger partial charge in [0.15, 0.2) is 0 Å². The Bertz CT molecular complexity index is 488. The third-order valence-corrected chi connectivity index (χ3v) is 5.76. The molecule has 4 heteroatoms. The summed E-state index contributed by atoms with van der Waals surface area (Å²) in [5.41, 5.74) is 1.10. The summed E-state index contributed by atoms with van der Waals surface area (Å²) in [7, 11) is 0. The van der Waals surface area contributed by atoms with Crippen molar-refractivity contribution in [3.8, 4) is 0 Å². The monoisotopic (exact) mass is 277 g/mol. The van der Waals surface area contributed by atoms with Gasteiger partial charge in [0.2, 0.25) is 0 Å². The van der Waals surface area contributed by atoms with E-state index in [1.807, 2.05) is 0 Å². The lowest BCUT2D eigenvalue weighted by Gasteiger charge is -2.14. The fourth-order valence-electron chi connectivity index (χ4n) is 4.66. The number of rotatable bonds is 4. The van der Waals surface area contributed by atoms with E-state index in [0.717, 1.165) is 47.9 Å². The fourth-order valence-corrected chi connectivity index (χ4v) is 4.89. The molecule has 0 aromatic carbocycles. The molecule has 2 bridgehead atoms. The Labute approximate surface area is 119 Å². The molecule has 1 N–H and O–H groups in total. The number of hydrogen-bond donors (Lipinski definition) is 1. The Kier molecular flexibility index (Phi) is 2.73. The smallest absolute Gasteiger partial charge is 0.137 e. The van der Waals surface area contributed by atoms with E-state index in [0.29, 0.717) is 11.2 Å². The van der Waals surface area contributed by atoms with Crippen molar-refractivity contribution >= 4 is 17.4 Å². The predicted molar refractivity (Wildman–Crippen MR) is 76.3 cm³/mol. The summed E-state index contributed by atoms with van der Waals surface area (Å²) in [4.78, 5) is 8.54.